The molecule has 86 valence electrons. The Morgan fingerprint density at radius 2 is 2.00 bits per heavy atom. The zero-order valence-corrected chi connectivity index (χ0v) is 9.43. The number of carbonyl (C=O) groups excluding carboxylic acids is 1. The third-order valence-corrected chi connectivity index (χ3v) is 2.88. The van der Waals surface area contributed by atoms with Crippen molar-refractivity contribution >= 4 is 12.1 Å². The molecule has 1 heterocycles. The highest BCUT2D eigenvalue weighted by atomic mass is 16.5. The molecule has 1 fully saturated rings. The number of piperazine rings is 1. The van der Waals surface area contributed by atoms with Crippen LogP contribution >= 0.6 is 0 Å². The first kappa shape index (κ1) is 10.8. The van der Waals surface area contributed by atoms with E-state index < -0.39 is 0 Å². The predicted molar refractivity (Wildman–Crippen MR) is 62.8 cm³/mol. The highest BCUT2D eigenvalue weighted by Crippen LogP contribution is 2.21. The molecule has 0 N–H and O–H groups in total. The lowest BCUT2D eigenvalue weighted by atomic mass is 10.2. The molecule has 1 aromatic carbocycles. The molecular formula is C12H16N2O2. The summed E-state index contributed by atoms with van der Waals surface area (Å²) >= 11 is 0. The zero-order chi connectivity index (χ0) is 11.4. The molecule has 16 heavy (non-hydrogen) atoms. The number of hydrogen-bond donors (Lipinski definition) is 0. The molecule has 0 saturated carbocycles. The maximum atomic E-state index is 10.6. The van der Waals surface area contributed by atoms with Gasteiger partial charge in [-0.3, -0.25) is 4.79 Å². The van der Waals surface area contributed by atoms with Crippen molar-refractivity contribution in [1.82, 2.24) is 4.90 Å². The van der Waals surface area contributed by atoms with Gasteiger partial charge in [-0.15, -0.1) is 0 Å². The summed E-state index contributed by atoms with van der Waals surface area (Å²) in [5.74, 6) is 0.871. The van der Waals surface area contributed by atoms with E-state index in [9.17, 15) is 4.79 Å². The van der Waals surface area contributed by atoms with E-state index in [0.717, 1.165) is 44.0 Å². The van der Waals surface area contributed by atoms with Crippen molar-refractivity contribution < 1.29 is 9.53 Å². The molecule has 1 aliphatic heterocycles. The minimum absolute atomic E-state index is 0.792. The van der Waals surface area contributed by atoms with Crippen LogP contribution in [0.15, 0.2) is 24.3 Å². The molecule has 4 nitrogen and oxygen atoms in total. The van der Waals surface area contributed by atoms with Gasteiger partial charge in [0.25, 0.3) is 0 Å². The standard InChI is InChI=1S/C12H16N2O2/c1-16-12-4-2-3-11(9-12)14-7-5-13(10-15)6-8-14/h2-4,9-10H,5-8H2,1H3. The molecule has 1 aromatic rings. The highest BCUT2D eigenvalue weighted by molar-refractivity contribution is 5.53. The van der Waals surface area contributed by atoms with Crippen LogP contribution in [0.4, 0.5) is 5.69 Å². The smallest absolute Gasteiger partial charge is 0.209 e. The van der Waals surface area contributed by atoms with Crippen LogP contribution in [0.2, 0.25) is 0 Å². The monoisotopic (exact) mass is 220 g/mol. The van der Waals surface area contributed by atoms with E-state index in [0.29, 0.717) is 0 Å². The van der Waals surface area contributed by atoms with Gasteiger partial charge in [0, 0.05) is 37.9 Å². The maximum absolute atomic E-state index is 10.6. The van der Waals surface area contributed by atoms with E-state index in [1.165, 1.54) is 0 Å². The molecule has 0 aromatic heterocycles. The van der Waals surface area contributed by atoms with E-state index in [1.807, 2.05) is 18.2 Å². The minimum Gasteiger partial charge on any atom is -0.497 e. The second-order valence-corrected chi connectivity index (χ2v) is 3.83. The highest BCUT2D eigenvalue weighted by Gasteiger charge is 2.15. The van der Waals surface area contributed by atoms with Gasteiger partial charge in [0.15, 0.2) is 0 Å². The van der Waals surface area contributed by atoms with E-state index >= 15 is 0 Å². The fraction of sp³-hybridized carbons (Fsp3) is 0.417. The Labute approximate surface area is 95.4 Å². The van der Waals surface area contributed by atoms with Gasteiger partial charge in [0.1, 0.15) is 5.75 Å². The number of methoxy groups -OCH3 is 1. The third kappa shape index (κ3) is 2.27. The molecule has 2 rings (SSSR count). The van der Waals surface area contributed by atoms with Gasteiger partial charge < -0.3 is 14.5 Å². The van der Waals surface area contributed by atoms with Crippen molar-refractivity contribution in [1.29, 1.82) is 0 Å². The molecule has 1 amide bonds. The predicted octanol–water partition coefficient (Wildman–Crippen LogP) is 0.974. The molecule has 1 aliphatic rings. The van der Waals surface area contributed by atoms with Crippen molar-refractivity contribution in [3.05, 3.63) is 24.3 Å². The summed E-state index contributed by atoms with van der Waals surface area (Å²) in [7, 11) is 1.67. The average Bonchev–Trinajstić information content (AvgIpc) is 2.39. The Balaban J connectivity index is 2.04. The Morgan fingerprint density at radius 1 is 1.25 bits per heavy atom. The van der Waals surface area contributed by atoms with Crippen LogP contribution in [0.1, 0.15) is 0 Å². The molecule has 0 aliphatic carbocycles. The van der Waals surface area contributed by atoms with Gasteiger partial charge in [0.2, 0.25) is 6.41 Å². The summed E-state index contributed by atoms with van der Waals surface area (Å²) in [6, 6.07) is 8.01. The number of amides is 1. The van der Waals surface area contributed by atoms with Gasteiger partial charge in [-0.1, -0.05) is 6.07 Å². The number of anilines is 1. The van der Waals surface area contributed by atoms with Crippen molar-refractivity contribution in [2.75, 3.05) is 38.2 Å². The summed E-state index contributed by atoms with van der Waals surface area (Å²) in [6.45, 7) is 3.35. The summed E-state index contributed by atoms with van der Waals surface area (Å²) in [4.78, 5) is 14.7. The molecule has 1 saturated heterocycles. The fourth-order valence-corrected chi connectivity index (χ4v) is 1.89. The number of rotatable bonds is 3. The number of benzene rings is 1. The lowest BCUT2D eigenvalue weighted by Crippen LogP contribution is -2.45. The van der Waals surface area contributed by atoms with E-state index in [2.05, 4.69) is 11.0 Å². The zero-order valence-electron chi connectivity index (χ0n) is 9.43. The Bertz CT molecular complexity index is 360. The van der Waals surface area contributed by atoms with Gasteiger partial charge in [-0.05, 0) is 12.1 Å². The van der Waals surface area contributed by atoms with E-state index in [-0.39, 0.29) is 0 Å². The normalized spacial score (nSPS) is 16.1. The quantitative estimate of drug-likeness (QED) is 0.712. The van der Waals surface area contributed by atoms with Crippen LogP contribution < -0.4 is 9.64 Å². The van der Waals surface area contributed by atoms with Crippen LogP contribution in [0.3, 0.4) is 0 Å². The van der Waals surface area contributed by atoms with Crippen LogP contribution in [0.25, 0.3) is 0 Å². The Kier molecular flexibility index (Phi) is 3.29. The van der Waals surface area contributed by atoms with Crippen molar-refractivity contribution in [2.24, 2.45) is 0 Å². The topological polar surface area (TPSA) is 32.8 Å². The van der Waals surface area contributed by atoms with Crippen LogP contribution in [0, 0.1) is 0 Å². The fourth-order valence-electron chi connectivity index (χ4n) is 1.89. The molecule has 0 bridgehead atoms. The number of ether oxygens (including phenoxy) is 1. The molecule has 4 heteroatoms. The van der Waals surface area contributed by atoms with Crippen molar-refractivity contribution in [3.8, 4) is 5.75 Å². The van der Waals surface area contributed by atoms with Gasteiger partial charge in [0.05, 0.1) is 7.11 Å². The SMILES string of the molecule is COc1cccc(N2CCN(C=O)CC2)c1. The van der Waals surface area contributed by atoms with Gasteiger partial charge in [-0.2, -0.15) is 0 Å². The molecule has 0 atom stereocenters. The van der Waals surface area contributed by atoms with E-state index in [4.69, 9.17) is 4.74 Å². The third-order valence-electron chi connectivity index (χ3n) is 2.88. The Morgan fingerprint density at radius 3 is 2.62 bits per heavy atom. The van der Waals surface area contributed by atoms with Gasteiger partial charge in [-0.25, -0.2) is 0 Å². The maximum Gasteiger partial charge on any atom is 0.209 e. The van der Waals surface area contributed by atoms with Crippen LogP contribution in [0.5, 0.6) is 5.75 Å². The minimum atomic E-state index is 0.792. The van der Waals surface area contributed by atoms with Gasteiger partial charge >= 0.3 is 0 Å². The van der Waals surface area contributed by atoms with Crippen molar-refractivity contribution in [2.45, 2.75) is 0 Å². The largest absolute Gasteiger partial charge is 0.497 e. The molecule has 0 radical (unpaired) electrons. The lowest BCUT2D eigenvalue weighted by molar-refractivity contribution is -0.118. The summed E-state index contributed by atoms with van der Waals surface area (Å²) in [5, 5.41) is 0. The summed E-state index contributed by atoms with van der Waals surface area (Å²) in [5.41, 5.74) is 1.16. The number of nitrogens with zero attached hydrogens (tertiary/aromatic N) is 2. The second kappa shape index (κ2) is 4.88. The molecule has 0 spiro atoms. The number of carbonyl (C=O) groups is 1. The second-order valence-electron chi connectivity index (χ2n) is 3.83. The van der Waals surface area contributed by atoms with Crippen LogP contribution in [-0.2, 0) is 4.79 Å². The molecule has 0 unspecified atom stereocenters. The van der Waals surface area contributed by atoms with E-state index in [1.54, 1.807) is 12.0 Å². The Hall–Kier alpha value is -1.71. The van der Waals surface area contributed by atoms with Crippen LogP contribution in [-0.4, -0.2) is 44.6 Å². The first-order chi connectivity index (χ1) is 7.83. The summed E-state index contributed by atoms with van der Waals surface area (Å²) in [6.07, 6.45) is 0.920. The lowest BCUT2D eigenvalue weighted by Gasteiger charge is -2.34. The first-order valence-corrected chi connectivity index (χ1v) is 5.42. The molecular weight excluding hydrogens is 204 g/mol. The average molecular weight is 220 g/mol. The summed E-state index contributed by atoms with van der Waals surface area (Å²) < 4.78 is 5.19. The first-order valence-electron chi connectivity index (χ1n) is 5.42. The number of hydrogen-bond acceptors (Lipinski definition) is 3. The van der Waals surface area contributed by atoms with Crippen molar-refractivity contribution in [3.63, 3.8) is 0 Å².